The van der Waals surface area contributed by atoms with Crippen LogP contribution in [-0.2, 0) is 4.79 Å². The second-order valence-corrected chi connectivity index (χ2v) is 3.07. The lowest BCUT2D eigenvalue weighted by molar-refractivity contribution is -0.120. The third kappa shape index (κ3) is 3.14. The molecule has 1 rings (SSSR count). The molecular weight excluding hydrogens is 178 g/mol. The van der Waals surface area contributed by atoms with Crippen molar-refractivity contribution in [2.75, 3.05) is 13.6 Å². The van der Waals surface area contributed by atoms with Crippen molar-refractivity contribution in [1.82, 2.24) is 15.6 Å². The van der Waals surface area contributed by atoms with E-state index in [1.807, 2.05) is 25.1 Å². The Kier molecular flexibility index (Phi) is 4.07. The minimum atomic E-state index is -0.0444. The van der Waals surface area contributed by atoms with Gasteiger partial charge in [0.2, 0.25) is 5.91 Å². The molecule has 0 saturated carbocycles. The van der Waals surface area contributed by atoms with E-state index in [-0.39, 0.29) is 11.9 Å². The molecule has 1 amide bonds. The Bertz CT molecular complexity index is 287. The average molecular weight is 193 g/mol. The topological polar surface area (TPSA) is 54.0 Å². The van der Waals surface area contributed by atoms with Crippen molar-refractivity contribution in [1.29, 1.82) is 0 Å². The molecule has 76 valence electrons. The number of hydrogen-bond donors (Lipinski definition) is 2. The zero-order chi connectivity index (χ0) is 10.4. The molecule has 1 aromatic heterocycles. The summed E-state index contributed by atoms with van der Waals surface area (Å²) in [6.07, 6.45) is 1.72. The summed E-state index contributed by atoms with van der Waals surface area (Å²) >= 11 is 0. The average Bonchev–Trinajstić information content (AvgIpc) is 2.19. The number of carbonyl (C=O) groups excluding carboxylic acids is 1. The molecule has 0 radical (unpaired) electrons. The molecule has 1 heterocycles. The zero-order valence-corrected chi connectivity index (χ0v) is 8.45. The Morgan fingerprint density at radius 1 is 1.57 bits per heavy atom. The first-order valence-corrected chi connectivity index (χ1v) is 4.59. The van der Waals surface area contributed by atoms with E-state index in [2.05, 4.69) is 15.6 Å². The summed E-state index contributed by atoms with van der Waals surface area (Å²) in [6, 6.07) is 5.61. The number of nitrogens with one attached hydrogen (secondary N) is 2. The summed E-state index contributed by atoms with van der Waals surface area (Å²) in [6.45, 7) is 2.24. The summed E-state index contributed by atoms with van der Waals surface area (Å²) in [7, 11) is 1.74. The van der Waals surface area contributed by atoms with Crippen molar-refractivity contribution in [2.45, 2.75) is 13.0 Å². The van der Waals surface area contributed by atoms with E-state index in [4.69, 9.17) is 0 Å². The van der Waals surface area contributed by atoms with E-state index in [9.17, 15) is 4.79 Å². The first-order chi connectivity index (χ1) is 6.74. The fourth-order valence-corrected chi connectivity index (χ4v) is 1.16. The summed E-state index contributed by atoms with van der Waals surface area (Å²) in [4.78, 5) is 15.4. The minimum Gasteiger partial charge on any atom is -0.347 e. The highest BCUT2D eigenvalue weighted by molar-refractivity contribution is 5.78. The molecule has 0 aliphatic rings. The lowest BCUT2D eigenvalue weighted by Gasteiger charge is -2.12. The van der Waals surface area contributed by atoms with Gasteiger partial charge in [-0.15, -0.1) is 0 Å². The van der Waals surface area contributed by atoms with Crippen LogP contribution in [0.3, 0.4) is 0 Å². The number of likely N-dealkylation sites (N-methyl/N-ethyl adjacent to an activating group) is 1. The molecule has 1 atom stereocenters. The van der Waals surface area contributed by atoms with Crippen LogP contribution < -0.4 is 10.6 Å². The number of amides is 1. The highest BCUT2D eigenvalue weighted by Gasteiger charge is 2.08. The highest BCUT2D eigenvalue weighted by atomic mass is 16.1. The van der Waals surface area contributed by atoms with Crippen molar-refractivity contribution in [2.24, 2.45) is 0 Å². The van der Waals surface area contributed by atoms with Crippen molar-refractivity contribution in [3.63, 3.8) is 0 Å². The predicted octanol–water partition coefficient (Wildman–Crippen LogP) is 0.478. The molecule has 14 heavy (non-hydrogen) atoms. The molecule has 0 aromatic carbocycles. The molecule has 4 heteroatoms. The summed E-state index contributed by atoms with van der Waals surface area (Å²) < 4.78 is 0. The zero-order valence-electron chi connectivity index (χ0n) is 8.45. The molecular formula is C10H15N3O. The van der Waals surface area contributed by atoms with E-state index in [0.29, 0.717) is 6.54 Å². The number of nitrogens with zero attached hydrogens (tertiary/aromatic N) is 1. The Morgan fingerprint density at radius 3 is 2.93 bits per heavy atom. The molecule has 0 bridgehead atoms. The second kappa shape index (κ2) is 5.34. The van der Waals surface area contributed by atoms with Crippen LogP contribution in [0.1, 0.15) is 18.7 Å². The Hall–Kier alpha value is -1.42. The maximum absolute atomic E-state index is 11.2. The van der Waals surface area contributed by atoms with Gasteiger partial charge in [-0.3, -0.25) is 9.78 Å². The van der Waals surface area contributed by atoms with Crippen LogP contribution in [0.25, 0.3) is 0 Å². The van der Waals surface area contributed by atoms with E-state index in [0.717, 1.165) is 5.69 Å². The normalized spacial score (nSPS) is 12.1. The van der Waals surface area contributed by atoms with Crippen LogP contribution in [0.4, 0.5) is 0 Å². The third-order valence-corrected chi connectivity index (χ3v) is 1.85. The monoisotopic (exact) mass is 193 g/mol. The first-order valence-electron chi connectivity index (χ1n) is 4.59. The van der Waals surface area contributed by atoms with Crippen LogP contribution in [0.2, 0.25) is 0 Å². The Balaban J connectivity index is 2.50. The molecule has 0 unspecified atom stereocenters. The first kappa shape index (κ1) is 10.7. The van der Waals surface area contributed by atoms with E-state index < -0.39 is 0 Å². The van der Waals surface area contributed by atoms with Gasteiger partial charge < -0.3 is 10.6 Å². The van der Waals surface area contributed by atoms with Gasteiger partial charge in [0, 0.05) is 6.20 Å². The minimum absolute atomic E-state index is 0.0225. The quantitative estimate of drug-likeness (QED) is 0.731. The van der Waals surface area contributed by atoms with Crippen molar-refractivity contribution < 1.29 is 4.79 Å². The Labute approximate surface area is 83.7 Å². The standard InChI is InChI=1S/C10H15N3O/c1-8(13-10(14)7-11-2)9-5-3-4-6-12-9/h3-6,8,11H,7H2,1-2H3,(H,13,14)/t8-/m1/s1. The molecule has 2 N–H and O–H groups in total. The van der Waals surface area contributed by atoms with E-state index in [1.165, 1.54) is 0 Å². The molecule has 0 fully saturated rings. The van der Waals surface area contributed by atoms with Gasteiger partial charge in [-0.25, -0.2) is 0 Å². The van der Waals surface area contributed by atoms with Gasteiger partial charge in [0.05, 0.1) is 18.3 Å². The molecule has 0 saturated heterocycles. The predicted molar refractivity (Wildman–Crippen MR) is 54.7 cm³/mol. The lowest BCUT2D eigenvalue weighted by atomic mass is 10.2. The fourth-order valence-electron chi connectivity index (χ4n) is 1.16. The van der Waals surface area contributed by atoms with Crippen molar-refractivity contribution >= 4 is 5.91 Å². The van der Waals surface area contributed by atoms with E-state index >= 15 is 0 Å². The van der Waals surface area contributed by atoms with Gasteiger partial charge in [0.1, 0.15) is 0 Å². The molecule has 0 aliphatic heterocycles. The van der Waals surface area contributed by atoms with E-state index in [1.54, 1.807) is 13.2 Å². The number of pyridine rings is 1. The van der Waals surface area contributed by atoms with Gasteiger partial charge in [-0.1, -0.05) is 6.07 Å². The van der Waals surface area contributed by atoms with Crippen LogP contribution in [0.5, 0.6) is 0 Å². The van der Waals surface area contributed by atoms with Gasteiger partial charge in [0.25, 0.3) is 0 Å². The maximum atomic E-state index is 11.2. The third-order valence-electron chi connectivity index (χ3n) is 1.85. The van der Waals surface area contributed by atoms with Gasteiger partial charge in [-0.05, 0) is 26.1 Å². The molecule has 0 aliphatic carbocycles. The molecule has 4 nitrogen and oxygen atoms in total. The number of aromatic nitrogens is 1. The largest absolute Gasteiger partial charge is 0.347 e. The molecule has 1 aromatic rings. The van der Waals surface area contributed by atoms with Gasteiger partial charge >= 0.3 is 0 Å². The van der Waals surface area contributed by atoms with Crippen LogP contribution in [-0.4, -0.2) is 24.5 Å². The fraction of sp³-hybridized carbons (Fsp3) is 0.400. The van der Waals surface area contributed by atoms with Crippen LogP contribution in [0, 0.1) is 0 Å². The molecule has 0 spiro atoms. The Morgan fingerprint density at radius 2 is 2.36 bits per heavy atom. The smallest absolute Gasteiger partial charge is 0.234 e. The van der Waals surface area contributed by atoms with Crippen LogP contribution >= 0.6 is 0 Å². The van der Waals surface area contributed by atoms with Crippen molar-refractivity contribution in [3.05, 3.63) is 30.1 Å². The number of hydrogen-bond acceptors (Lipinski definition) is 3. The number of rotatable bonds is 4. The van der Waals surface area contributed by atoms with Gasteiger partial charge in [0.15, 0.2) is 0 Å². The summed E-state index contributed by atoms with van der Waals surface area (Å²) in [5.41, 5.74) is 0.872. The second-order valence-electron chi connectivity index (χ2n) is 3.07. The number of carbonyl (C=O) groups is 1. The summed E-state index contributed by atoms with van der Waals surface area (Å²) in [5, 5.41) is 5.62. The SMILES string of the molecule is CNCC(=O)N[C@H](C)c1ccccn1. The lowest BCUT2D eigenvalue weighted by Crippen LogP contribution is -2.34. The summed E-state index contributed by atoms with van der Waals surface area (Å²) in [5.74, 6) is -0.0225. The highest BCUT2D eigenvalue weighted by Crippen LogP contribution is 2.06. The van der Waals surface area contributed by atoms with Crippen molar-refractivity contribution in [3.8, 4) is 0 Å². The van der Waals surface area contributed by atoms with Crippen LogP contribution in [0.15, 0.2) is 24.4 Å². The maximum Gasteiger partial charge on any atom is 0.234 e. The van der Waals surface area contributed by atoms with Gasteiger partial charge in [-0.2, -0.15) is 0 Å².